The van der Waals surface area contributed by atoms with Gasteiger partial charge in [-0.25, -0.2) is 0 Å². The van der Waals surface area contributed by atoms with Crippen molar-refractivity contribution in [3.8, 4) is 11.5 Å². The Morgan fingerprint density at radius 1 is 1.17 bits per heavy atom. The summed E-state index contributed by atoms with van der Waals surface area (Å²) in [5, 5.41) is 9.96. The highest BCUT2D eigenvalue weighted by Gasteiger charge is 2.30. The molecule has 0 bridgehead atoms. The number of ether oxygens (including phenoxy) is 1. The van der Waals surface area contributed by atoms with Crippen LogP contribution in [0.25, 0.3) is 0 Å². The van der Waals surface area contributed by atoms with Gasteiger partial charge in [0.05, 0.1) is 18.7 Å². The summed E-state index contributed by atoms with van der Waals surface area (Å²) >= 11 is 0. The first-order chi connectivity index (χ1) is 10.8. The van der Waals surface area contributed by atoms with E-state index in [1.54, 1.807) is 31.2 Å². The van der Waals surface area contributed by atoms with Crippen molar-refractivity contribution < 1.29 is 23.0 Å². The molecule has 0 spiro atoms. The summed E-state index contributed by atoms with van der Waals surface area (Å²) in [6.45, 7) is 1.68. The number of hydrogen-bond donors (Lipinski definition) is 1. The molecule has 0 heterocycles. The van der Waals surface area contributed by atoms with E-state index in [0.717, 1.165) is 12.1 Å². The maximum absolute atomic E-state index is 12.7. The van der Waals surface area contributed by atoms with Crippen LogP contribution in [0, 0.1) is 0 Å². The molecule has 0 saturated carbocycles. The van der Waals surface area contributed by atoms with Crippen molar-refractivity contribution >= 4 is 6.21 Å². The lowest BCUT2D eigenvalue weighted by Crippen LogP contribution is -2.05. The summed E-state index contributed by atoms with van der Waals surface area (Å²) in [6, 6.07) is 9.48. The Bertz CT molecular complexity index is 711. The normalized spacial score (nSPS) is 13.3. The standard InChI is InChI=1S/C17H16F3NO2/c1-11(12-5-3-7-14(9-12)17(18,19)20)21-10-13-6-4-8-15(23-2)16(13)22/h3-11,22H,1-2H3/t11-/m1/s1. The van der Waals surface area contributed by atoms with Gasteiger partial charge in [0.15, 0.2) is 11.5 Å². The number of alkyl halides is 3. The van der Waals surface area contributed by atoms with Crippen LogP contribution >= 0.6 is 0 Å². The van der Waals surface area contributed by atoms with E-state index in [1.165, 1.54) is 19.4 Å². The van der Waals surface area contributed by atoms with Crippen molar-refractivity contribution in [1.29, 1.82) is 0 Å². The van der Waals surface area contributed by atoms with Crippen molar-refractivity contribution in [3.05, 3.63) is 59.2 Å². The molecule has 0 aliphatic heterocycles. The molecule has 3 nitrogen and oxygen atoms in total. The van der Waals surface area contributed by atoms with Crippen LogP contribution in [0.5, 0.6) is 11.5 Å². The number of nitrogens with zero attached hydrogens (tertiary/aromatic N) is 1. The lowest BCUT2D eigenvalue weighted by atomic mass is 10.1. The zero-order valence-electron chi connectivity index (χ0n) is 12.6. The number of phenolic OH excluding ortho intramolecular Hbond substituents is 1. The minimum atomic E-state index is -4.38. The number of rotatable bonds is 4. The zero-order chi connectivity index (χ0) is 17.0. The maximum atomic E-state index is 12.7. The van der Waals surface area contributed by atoms with E-state index in [2.05, 4.69) is 4.99 Å². The largest absolute Gasteiger partial charge is 0.504 e. The summed E-state index contributed by atoms with van der Waals surface area (Å²) in [7, 11) is 1.43. The molecule has 0 aliphatic carbocycles. The molecule has 1 N–H and O–H groups in total. The molecule has 122 valence electrons. The molecular weight excluding hydrogens is 307 g/mol. The number of methoxy groups -OCH3 is 1. The van der Waals surface area contributed by atoms with Crippen LogP contribution in [0.3, 0.4) is 0 Å². The third-order valence-electron chi connectivity index (χ3n) is 3.38. The first-order valence-electron chi connectivity index (χ1n) is 6.89. The van der Waals surface area contributed by atoms with Gasteiger partial charge in [-0.2, -0.15) is 13.2 Å². The second-order valence-corrected chi connectivity index (χ2v) is 4.98. The second kappa shape index (κ2) is 6.73. The lowest BCUT2D eigenvalue weighted by molar-refractivity contribution is -0.137. The number of halogens is 3. The van der Waals surface area contributed by atoms with Gasteiger partial charge >= 0.3 is 6.18 Å². The molecule has 2 aromatic carbocycles. The van der Waals surface area contributed by atoms with Gasteiger partial charge in [0.1, 0.15) is 0 Å². The third kappa shape index (κ3) is 4.03. The van der Waals surface area contributed by atoms with Gasteiger partial charge in [-0.1, -0.05) is 18.2 Å². The first kappa shape index (κ1) is 16.9. The van der Waals surface area contributed by atoms with E-state index in [4.69, 9.17) is 4.74 Å². The van der Waals surface area contributed by atoms with Crippen molar-refractivity contribution in [2.45, 2.75) is 19.1 Å². The van der Waals surface area contributed by atoms with E-state index in [0.29, 0.717) is 16.9 Å². The molecule has 0 fully saturated rings. The number of para-hydroxylation sites is 1. The van der Waals surface area contributed by atoms with Crippen LogP contribution in [0.1, 0.15) is 29.7 Å². The fraction of sp³-hybridized carbons (Fsp3) is 0.235. The Hall–Kier alpha value is -2.50. The van der Waals surface area contributed by atoms with Crippen molar-refractivity contribution in [2.75, 3.05) is 7.11 Å². The lowest BCUT2D eigenvalue weighted by Gasteiger charge is -2.11. The van der Waals surface area contributed by atoms with Gasteiger partial charge < -0.3 is 9.84 Å². The van der Waals surface area contributed by atoms with Gasteiger partial charge in [-0.15, -0.1) is 0 Å². The number of phenols is 1. The number of hydrogen-bond acceptors (Lipinski definition) is 3. The van der Waals surface area contributed by atoms with E-state index in [1.807, 2.05) is 0 Å². The topological polar surface area (TPSA) is 41.8 Å². The van der Waals surface area contributed by atoms with Crippen LogP contribution in [0.15, 0.2) is 47.5 Å². The first-order valence-corrected chi connectivity index (χ1v) is 6.89. The van der Waals surface area contributed by atoms with Crippen LogP contribution in [0.2, 0.25) is 0 Å². The summed E-state index contributed by atoms with van der Waals surface area (Å²) < 4.78 is 43.2. The molecule has 23 heavy (non-hydrogen) atoms. The maximum Gasteiger partial charge on any atom is 0.416 e. The molecule has 0 aromatic heterocycles. The molecule has 0 amide bonds. The molecule has 2 rings (SSSR count). The highest BCUT2D eigenvalue weighted by molar-refractivity contribution is 5.84. The Kier molecular flexibility index (Phi) is 4.93. The van der Waals surface area contributed by atoms with Gasteiger partial charge in [-0.3, -0.25) is 4.99 Å². The number of benzene rings is 2. The minimum Gasteiger partial charge on any atom is -0.504 e. The summed E-state index contributed by atoms with van der Waals surface area (Å²) in [6.07, 6.45) is -2.96. The van der Waals surface area contributed by atoms with E-state index < -0.39 is 17.8 Å². The quantitative estimate of drug-likeness (QED) is 0.836. The molecular formula is C17H16F3NO2. The summed E-state index contributed by atoms with van der Waals surface area (Å²) in [5.74, 6) is 0.246. The fourth-order valence-electron chi connectivity index (χ4n) is 2.06. The highest BCUT2D eigenvalue weighted by Crippen LogP contribution is 2.32. The van der Waals surface area contributed by atoms with Gasteiger partial charge in [0.2, 0.25) is 0 Å². The Labute approximate surface area is 132 Å². The fourth-order valence-corrected chi connectivity index (χ4v) is 2.06. The molecule has 0 unspecified atom stereocenters. The molecule has 6 heteroatoms. The Balaban J connectivity index is 2.24. The van der Waals surface area contributed by atoms with Crippen molar-refractivity contribution in [1.82, 2.24) is 0 Å². The second-order valence-electron chi connectivity index (χ2n) is 4.98. The monoisotopic (exact) mass is 323 g/mol. The SMILES string of the molecule is COc1cccc(C=N[C@H](C)c2cccc(C(F)(F)F)c2)c1O. The van der Waals surface area contributed by atoms with Gasteiger partial charge in [-0.05, 0) is 36.8 Å². The highest BCUT2D eigenvalue weighted by atomic mass is 19.4. The molecule has 0 aliphatic rings. The average Bonchev–Trinajstić information content (AvgIpc) is 2.53. The smallest absolute Gasteiger partial charge is 0.416 e. The van der Waals surface area contributed by atoms with Gasteiger partial charge in [0.25, 0.3) is 0 Å². The van der Waals surface area contributed by atoms with E-state index in [9.17, 15) is 18.3 Å². The third-order valence-corrected chi connectivity index (χ3v) is 3.38. The van der Waals surface area contributed by atoms with E-state index in [-0.39, 0.29) is 5.75 Å². The zero-order valence-corrected chi connectivity index (χ0v) is 12.6. The predicted octanol–water partition coefficient (Wildman–Crippen LogP) is 4.60. The van der Waals surface area contributed by atoms with Crippen molar-refractivity contribution in [2.24, 2.45) is 4.99 Å². The van der Waals surface area contributed by atoms with Crippen LogP contribution in [-0.2, 0) is 6.18 Å². The molecule has 2 aromatic rings. The number of aliphatic imine (C=N–C) groups is 1. The van der Waals surface area contributed by atoms with Gasteiger partial charge in [0, 0.05) is 11.8 Å². The average molecular weight is 323 g/mol. The van der Waals surface area contributed by atoms with Crippen LogP contribution in [-0.4, -0.2) is 18.4 Å². The molecule has 0 saturated heterocycles. The Morgan fingerprint density at radius 3 is 2.52 bits per heavy atom. The van der Waals surface area contributed by atoms with Crippen LogP contribution < -0.4 is 4.74 Å². The van der Waals surface area contributed by atoms with Crippen molar-refractivity contribution in [3.63, 3.8) is 0 Å². The number of aromatic hydroxyl groups is 1. The minimum absolute atomic E-state index is 0.0602. The predicted molar refractivity (Wildman–Crippen MR) is 82.1 cm³/mol. The summed E-state index contributed by atoms with van der Waals surface area (Å²) in [4.78, 5) is 4.22. The molecule has 1 atom stereocenters. The molecule has 0 radical (unpaired) electrons. The Morgan fingerprint density at radius 2 is 1.87 bits per heavy atom. The van der Waals surface area contributed by atoms with Crippen LogP contribution in [0.4, 0.5) is 13.2 Å². The van der Waals surface area contributed by atoms with E-state index >= 15 is 0 Å². The summed E-state index contributed by atoms with van der Waals surface area (Å²) in [5.41, 5.74) is 0.169.